The van der Waals surface area contributed by atoms with E-state index in [9.17, 15) is 0 Å². The zero-order valence-electron chi connectivity index (χ0n) is 8.41. The third-order valence-electron chi connectivity index (χ3n) is 2.06. The van der Waals surface area contributed by atoms with Gasteiger partial charge < -0.3 is 5.32 Å². The van der Waals surface area contributed by atoms with Crippen LogP contribution in [-0.2, 0) is 6.42 Å². The first-order valence-electron chi connectivity index (χ1n) is 4.84. The van der Waals surface area contributed by atoms with Crippen LogP contribution in [0.3, 0.4) is 0 Å². The van der Waals surface area contributed by atoms with Gasteiger partial charge in [-0.1, -0.05) is 23.2 Å². The van der Waals surface area contributed by atoms with Crippen molar-refractivity contribution in [2.24, 2.45) is 0 Å². The number of halogens is 2. The van der Waals surface area contributed by atoms with E-state index in [1.807, 2.05) is 24.3 Å². The minimum Gasteiger partial charge on any atom is -0.385 e. The number of nitrogens with zero attached hydrogens (tertiary/aromatic N) is 1. The van der Waals surface area contributed by atoms with E-state index in [0.29, 0.717) is 5.15 Å². The van der Waals surface area contributed by atoms with Crippen LogP contribution in [0.2, 0.25) is 9.49 Å². The summed E-state index contributed by atoms with van der Waals surface area (Å²) < 4.78 is 0.835. The lowest BCUT2D eigenvalue weighted by Gasteiger charge is -2.04. The summed E-state index contributed by atoms with van der Waals surface area (Å²) in [6.07, 6.45) is 2.64. The quantitative estimate of drug-likeness (QED) is 0.848. The standard InChI is InChI=1S/C11H10Cl2N2S/c12-10-7-8(3-5-15-10)14-6-4-9-1-2-11(13)16-9/h1-3,5,7H,4,6H2,(H,14,15). The molecule has 2 rings (SSSR count). The molecule has 0 fully saturated rings. The van der Waals surface area contributed by atoms with Crippen LogP contribution in [0.4, 0.5) is 5.69 Å². The average molecular weight is 273 g/mol. The number of hydrogen-bond donors (Lipinski definition) is 1. The third-order valence-corrected chi connectivity index (χ3v) is 3.55. The van der Waals surface area contributed by atoms with Gasteiger partial charge in [0.05, 0.1) is 4.34 Å². The number of aromatic nitrogens is 1. The van der Waals surface area contributed by atoms with Gasteiger partial charge >= 0.3 is 0 Å². The van der Waals surface area contributed by atoms with Gasteiger partial charge in [-0.3, -0.25) is 0 Å². The van der Waals surface area contributed by atoms with Crippen molar-refractivity contribution in [3.05, 3.63) is 44.8 Å². The van der Waals surface area contributed by atoms with Crippen molar-refractivity contribution >= 4 is 40.2 Å². The van der Waals surface area contributed by atoms with E-state index in [2.05, 4.69) is 10.3 Å². The molecule has 2 aromatic heterocycles. The molecular weight excluding hydrogens is 263 g/mol. The van der Waals surface area contributed by atoms with E-state index < -0.39 is 0 Å². The maximum absolute atomic E-state index is 5.85. The van der Waals surface area contributed by atoms with Crippen LogP contribution in [0.5, 0.6) is 0 Å². The first-order chi connectivity index (χ1) is 7.74. The Balaban J connectivity index is 1.84. The number of pyridine rings is 1. The Morgan fingerprint density at radius 2 is 2.12 bits per heavy atom. The summed E-state index contributed by atoms with van der Waals surface area (Å²) in [5.41, 5.74) is 0.989. The molecule has 2 aromatic rings. The predicted molar refractivity (Wildman–Crippen MR) is 70.8 cm³/mol. The largest absolute Gasteiger partial charge is 0.385 e. The van der Waals surface area contributed by atoms with Gasteiger partial charge in [0, 0.05) is 23.3 Å². The second-order valence-corrected chi connectivity index (χ2v) is 5.44. The van der Waals surface area contributed by atoms with Gasteiger partial charge in [0.2, 0.25) is 0 Å². The summed E-state index contributed by atoms with van der Waals surface area (Å²) in [6, 6.07) is 7.68. The summed E-state index contributed by atoms with van der Waals surface area (Å²) in [5.74, 6) is 0. The van der Waals surface area contributed by atoms with Crippen LogP contribution in [0.15, 0.2) is 30.5 Å². The smallest absolute Gasteiger partial charge is 0.131 e. The number of rotatable bonds is 4. The van der Waals surface area contributed by atoms with Crippen molar-refractivity contribution in [1.82, 2.24) is 4.98 Å². The van der Waals surface area contributed by atoms with Crippen molar-refractivity contribution in [1.29, 1.82) is 0 Å². The van der Waals surface area contributed by atoms with Gasteiger partial charge in [-0.2, -0.15) is 0 Å². The van der Waals surface area contributed by atoms with Crippen molar-refractivity contribution in [3.8, 4) is 0 Å². The fraction of sp³-hybridized carbons (Fsp3) is 0.182. The van der Waals surface area contributed by atoms with Crippen molar-refractivity contribution in [2.45, 2.75) is 6.42 Å². The molecule has 0 aliphatic carbocycles. The maximum atomic E-state index is 5.85. The second-order valence-electron chi connectivity index (χ2n) is 3.25. The molecule has 0 radical (unpaired) electrons. The molecule has 0 saturated carbocycles. The molecule has 0 unspecified atom stereocenters. The normalized spacial score (nSPS) is 10.4. The molecule has 0 saturated heterocycles. The van der Waals surface area contributed by atoms with Crippen LogP contribution in [0.25, 0.3) is 0 Å². The van der Waals surface area contributed by atoms with E-state index in [0.717, 1.165) is 23.0 Å². The Labute approximate surface area is 108 Å². The first-order valence-corrected chi connectivity index (χ1v) is 6.41. The maximum Gasteiger partial charge on any atom is 0.131 e. The van der Waals surface area contributed by atoms with E-state index >= 15 is 0 Å². The Hall–Kier alpha value is -0.770. The fourth-order valence-electron chi connectivity index (χ4n) is 1.33. The first kappa shape index (κ1) is 11.7. The van der Waals surface area contributed by atoms with Crippen LogP contribution >= 0.6 is 34.5 Å². The van der Waals surface area contributed by atoms with Crippen LogP contribution in [-0.4, -0.2) is 11.5 Å². The summed E-state index contributed by atoms with van der Waals surface area (Å²) in [5, 5.41) is 3.79. The van der Waals surface area contributed by atoms with Crippen molar-refractivity contribution < 1.29 is 0 Å². The molecule has 0 spiro atoms. The van der Waals surface area contributed by atoms with Gasteiger partial charge in [0.25, 0.3) is 0 Å². The molecule has 0 amide bonds. The SMILES string of the molecule is Clc1cc(NCCc2ccc(Cl)s2)ccn1. The molecule has 0 bridgehead atoms. The highest BCUT2D eigenvalue weighted by molar-refractivity contribution is 7.16. The summed E-state index contributed by atoms with van der Waals surface area (Å²) in [6.45, 7) is 0.858. The molecule has 0 aromatic carbocycles. The molecular formula is C11H10Cl2N2S. The summed E-state index contributed by atoms with van der Waals surface area (Å²) in [4.78, 5) is 5.20. The fourth-order valence-corrected chi connectivity index (χ4v) is 2.59. The lowest BCUT2D eigenvalue weighted by molar-refractivity contribution is 1.04. The van der Waals surface area contributed by atoms with E-state index in [1.165, 1.54) is 4.88 Å². The zero-order chi connectivity index (χ0) is 11.4. The molecule has 0 aliphatic heterocycles. The Kier molecular flexibility index (Phi) is 4.04. The van der Waals surface area contributed by atoms with E-state index in [-0.39, 0.29) is 0 Å². The number of nitrogens with one attached hydrogen (secondary N) is 1. The van der Waals surface area contributed by atoms with Gasteiger partial charge in [-0.25, -0.2) is 4.98 Å². The molecule has 1 N–H and O–H groups in total. The van der Waals surface area contributed by atoms with Crippen LogP contribution in [0, 0.1) is 0 Å². The molecule has 2 nitrogen and oxygen atoms in total. The van der Waals surface area contributed by atoms with Gasteiger partial charge in [-0.05, 0) is 30.7 Å². The Morgan fingerprint density at radius 1 is 1.25 bits per heavy atom. The minimum absolute atomic E-state index is 0.504. The number of anilines is 1. The predicted octanol–water partition coefficient (Wildman–Crippen LogP) is 4.10. The summed E-state index contributed by atoms with van der Waals surface area (Å²) >= 11 is 13.2. The highest BCUT2D eigenvalue weighted by Crippen LogP contribution is 2.21. The number of hydrogen-bond acceptors (Lipinski definition) is 3. The lowest BCUT2D eigenvalue weighted by Crippen LogP contribution is -2.03. The van der Waals surface area contributed by atoms with Crippen LogP contribution < -0.4 is 5.32 Å². The number of thiophene rings is 1. The molecule has 84 valence electrons. The van der Waals surface area contributed by atoms with Crippen molar-refractivity contribution in [3.63, 3.8) is 0 Å². The van der Waals surface area contributed by atoms with E-state index in [4.69, 9.17) is 23.2 Å². The minimum atomic E-state index is 0.504. The van der Waals surface area contributed by atoms with Gasteiger partial charge in [0.1, 0.15) is 5.15 Å². The molecule has 0 atom stereocenters. The van der Waals surface area contributed by atoms with Crippen LogP contribution in [0.1, 0.15) is 4.88 Å². The molecule has 5 heteroatoms. The zero-order valence-corrected chi connectivity index (χ0v) is 10.7. The van der Waals surface area contributed by atoms with Crippen molar-refractivity contribution in [2.75, 3.05) is 11.9 Å². The summed E-state index contributed by atoms with van der Waals surface area (Å²) in [7, 11) is 0. The topological polar surface area (TPSA) is 24.9 Å². The second kappa shape index (κ2) is 5.53. The monoisotopic (exact) mass is 272 g/mol. The Morgan fingerprint density at radius 3 is 2.81 bits per heavy atom. The van der Waals surface area contributed by atoms with Gasteiger partial charge in [0.15, 0.2) is 0 Å². The highest BCUT2D eigenvalue weighted by atomic mass is 35.5. The average Bonchev–Trinajstić information content (AvgIpc) is 2.64. The van der Waals surface area contributed by atoms with Gasteiger partial charge in [-0.15, -0.1) is 11.3 Å². The molecule has 2 heterocycles. The third kappa shape index (κ3) is 3.37. The molecule has 16 heavy (non-hydrogen) atoms. The lowest BCUT2D eigenvalue weighted by atomic mass is 10.3. The van der Waals surface area contributed by atoms with E-state index in [1.54, 1.807) is 17.5 Å². The Bertz CT molecular complexity index is 471. The molecule has 0 aliphatic rings. The highest BCUT2D eigenvalue weighted by Gasteiger charge is 1.98.